The zero-order valence-corrected chi connectivity index (χ0v) is 11.6. The van der Waals surface area contributed by atoms with E-state index in [4.69, 9.17) is 9.15 Å². The number of ether oxygens (including phenoxy) is 1. The van der Waals surface area contributed by atoms with Gasteiger partial charge in [-0.3, -0.25) is 0 Å². The first-order chi connectivity index (χ1) is 9.29. The van der Waals surface area contributed by atoms with Crippen LogP contribution < -0.4 is 5.32 Å². The molecule has 0 aliphatic rings. The van der Waals surface area contributed by atoms with E-state index in [9.17, 15) is 0 Å². The average molecular weight is 259 g/mol. The Kier molecular flexibility index (Phi) is 5.19. The van der Waals surface area contributed by atoms with Gasteiger partial charge >= 0.3 is 0 Å². The Morgan fingerprint density at radius 2 is 1.95 bits per heavy atom. The smallest absolute Gasteiger partial charge is 0.130 e. The van der Waals surface area contributed by atoms with Crippen molar-refractivity contribution in [1.82, 2.24) is 5.32 Å². The fraction of sp³-hybridized carbons (Fsp3) is 0.375. The van der Waals surface area contributed by atoms with Gasteiger partial charge in [-0.25, -0.2) is 0 Å². The molecule has 3 heteroatoms. The number of benzene rings is 1. The average Bonchev–Trinajstić information content (AvgIpc) is 2.78. The highest BCUT2D eigenvalue weighted by Crippen LogP contribution is 2.16. The summed E-state index contributed by atoms with van der Waals surface area (Å²) in [5.41, 5.74) is 2.36. The molecule has 1 aromatic heterocycles. The maximum atomic E-state index is 5.77. The molecule has 2 aromatic rings. The topological polar surface area (TPSA) is 34.4 Å². The van der Waals surface area contributed by atoms with Crippen LogP contribution in [0, 0.1) is 6.92 Å². The minimum atomic E-state index is 0.516. The lowest BCUT2D eigenvalue weighted by molar-refractivity contribution is 0.0920. The molecule has 102 valence electrons. The molecule has 0 unspecified atom stereocenters. The molecule has 0 atom stereocenters. The standard InChI is InChI=1S/C16H21NO2/c1-3-17-10-16-13(2)9-15(19-16)12-18-11-14-7-5-4-6-8-14/h4-9,17H,3,10-12H2,1-2H3. The van der Waals surface area contributed by atoms with Crippen molar-refractivity contribution in [3.63, 3.8) is 0 Å². The molecule has 0 bridgehead atoms. The molecule has 19 heavy (non-hydrogen) atoms. The molecule has 0 aliphatic heterocycles. The zero-order valence-electron chi connectivity index (χ0n) is 11.6. The van der Waals surface area contributed by atoms with Crippen molar-refractivity contribution in [2.45, 2.75) is 33.6 Å². The highest BCUT2D eigenvalue weighted by atomic mass is 16.5. The van der Waals surface area contributed by atoms with Gasteiger partial charge < -0.3 is 14.5 Å². The first-order valence-electron chi connectivity index (χ1n) is 6.70. The van der Waals surface area contributed by atoms with Crippen LogP contribution in [0.1, 0.15) is 29.6 Å². The van der Waals surface area contributed by atoms with Crippen molar-refractivity contribution in [2.75, 3.05) is 6.54 Å². The van der Waals surface area contributed by atoms with E-state index in [0.29, 0.717) is 13.2 Å². The van der Waals surface area contributed by atoms with Crippen molar-refractivity contribution in [3.8, 4) is 0 Å². The van der Waals surface area contributed by atoms with Crippen LogP contribution in [-0.4, -0.2) is 6.54 Å². The van der Waals surface area contributed by atoms with Crippen molar-refractivity contribution >= 4 is 0 Å². The first-order valence-corrected chi connectivity index (χ1v) is 6.70. The second kappa shape index (κ2) is 7.12. The Morgan fingerprint density at radius 3 is 2.68 bits per heavy atom. The monoisotopic (exact) mass is 259 g/mol. The van der Waals surface area contributed by atoms with Gasteiger partial charge in [0.15, 0.2) is 0 Å². The van der Waals surface area contributed by atoms with Crippen LogP contribution >= 0.6 is 0 Å². The number of hydrogen-bond acceptors (Lipinski definition) is 3. The van der Waals surface area contributed by atoms with E-state index in [1.807, 2.05) is 18.2 Å². The van der Waals surface area contributed by atoms with Gasteiger partial charge in [0.1, 0.15) is 18.1 Å². The van der Waals surface area contributed by atoms with Gasteiger partial charge in [-0.15, -0.1) is 0 Å². The van der Waals surface area contributed by atoms with Gasteiger partial charge in [-0.05, 0) is 30.7 Å². The minimum Gasteiger partial charge on any atom is -0.462 e. The molecule has 2 rings (SSSR count). The van der Waals surface area contributed by atoms with Crippen molar-refractivity contribution in [1.29, 1.82) is 0 Å². The van der Waals surface area contributed by atoms with Crippen molar-refractivity contribution in [3.05, 3.63) is 59.0 Å². The van der Waals surface area contributed by atoms with Crippen LogP contribution in [0.2, 0.25) is 0 Å². The van der Waals surface area contributed by atoms with Gasteiger partial charge in [0, 0.05) is 0 Å². The molecule has 0 saturated heterocycles. The maximum Gasteiger partial charge on any atom is 0.130 e. The van der Waals surface area contributed by atoms with Crippen LogP contribution in [0.5, 0.6) is 0 Å². The number of rotatable bonds is 7. The number of aryl methyl sites for hydroxylation is 1. The summed E-state index contributed by atoms with van der Waals surface area (Å²) in [6, 6.07) is 12.2. The second-order valence-electron chi connectivity index (χ2n) is 4.58. The Bertz CT molecular complexity index is 491. The fourth-order valence-corrected chi connectivity index (χ4v) is 1.92. The maximum absolute atomic E-state index is 5.77. The molecular weight excluding hydrogens is 238 g/mol. The normalized spacial score (nSPS) is 10.8. The third-order valence-corrected chi connectivity index (χ3v) is 2.96. The Morgan fingerprint density at radius 1 is 1.16 bits per heavy atom. The van der Waals surface area contributed by atoms with Crippen molar-refractivity contribution < 1.29 is 9.15 Å². The second-order valence-corrected chi connectivity index (χ2v) is 4.58. The molecular formula is C16H21NO2. The summed E-state index contributed by atoms with van der Waals surface area (Å²) in [6.45, 7) is 7.00. The Hall–Kier alpha value is -1.58. The van der Waals surface area contributed by atoms with E-state index < -0.39 is 0 Å². The van der Waals surface area contributed by atoms with E-state index in [1.54, 1.807) is 0 Å². The highest BCUT2D eigenvalue weighted by Gasteiger charge is 2.07. The van der Waals surface area contributed by atoms with E-state index in [0.717, 1.165) is 24.6 Å². The lowest BCUT2D eigenvalue weighted by Crippen LogP contribution is -2.11. The lowest BCUT2D eigenvalue weighted by Gasteiger charge is -2.02. The molecule has 0 fully saturated rings. The van der Waals surface area contributed by atoms with Crippen LogP contribution in [0.3, 0.4) is 0 Å². The van der Waals surface area contributed by atoms with E-state index in [1.165, 1.54) is 11.1 Å². The molecule has 1 heterocycles. The van der Waals surface area contributed by atoms with Crippen LogP contribution in [0.4, 0.5) is 0 Å². The summed E-state index contributed by atoms with van der Waals surface area (Å²) < 4.78 is 11.4. The molecule has 1 aromatic carbocycles. The summed E-state index contributed by atoms with van der Waals surface area (Å²) in [4.78, 5) is 0. The summed E-state index contributed by atoms with van der Waals surface area (Å²) >= 11 is 0. The summed E-state index contributed by atoms with van der Waals surface area (Å²) in [7, 11) is 0. The predicted molar refractivity (Wildman–Crippen MR) is 75.8 cm³/mol. The van der Waals surface area contributed by atoms with E-state index >= 15 is 0 Å². The highest BCUT2D eigenvalue weighted by molar-refractivity contribution is 5.19. The third-order valence-electron chi connectivity index (χ3n) is 2.96. The van der Waals surface area contributed by atoms with Gasteiger partial charge in [0.05, 0.1) is 13.2 Å². The van der Waals surface area contributed by atoms with Crippen LogP contribution in [0.15, 0.2) is 40.8 Å². The predicted octanol–water partition coefficient (Wildman–Crippen LogP) is 3.41. The summed E-state index contributed by atoms with van der Waals surface area (Å²) in [6.07, 6.45) is 0. The van der Waals surface area contributed by atoms with Crippen LogP contribution in [0.25, 0.3) is 0 Å². The molecule has 0 saturated carbocycles. The number of nitrogens with one attached hydrogen (secondary N) is 1. The van der Waals surface area contributed by atoms with Gasteiger partial charge in [-0.1, -0.05) is 37.3 Å². The molecule has 0 spiro atoms. The number of hydrogen-bond donors (Lipinski definition) is 1. The zero-order chi connectivity index (χ0) is 13.5. The largest absolute Gasteiger partial charge is 0.462 e. The first kappa shape index (κ1) is 13.8. The lowest BCUT2D eigenvalue weighted by atomic mass is 10.2. The Labute approximate surface area is 114 Å². The van der Waals surface area contributed by atoms with E-state index in [2.05, 4.69) is 37.4 Å². The van der Waals surface area contributed by atoms with Crippen molar-refractivity contribution in [2.24, 2.45) is 0 Å². The summed E-state index contributed by atoms with van der Waals surface area (Å²) in [5.74, 6) is 1.89. The minimum absolute atomic E-state index is 0.516. The fourth-order valence-electron chi connectivity index (χ4n) is 1.92. The van der Waals surface area contributed by atoms with Crippen LogP contribution in [-0.2, 0) is 24.5 Å². The van der Waals surface area contributed by atoms with E-state index in [-0.39, 0.29) is 0 Å². The van der Waals surface area contributed by atoms with Gasteiger partial charge in [0.2, 0.25) is 0 Å². The molecule has 0 aliphatic carbocycles. The molecule has 0 amide bonds. The third kappa shape index (κ3) is 4.23. The van der Waals surface area contributed by atoms with Gasteiger partial charge in [0.25, 0.3) is 0 Å². The number of furan rings is 1. The molecule has 3 nitrogen and oxygen atoms in total. The Balaban J connectivity index is 1.83. The summed E-state index contributed by atoms with van der Waals surface area (Å²) in [5, 5.41) is 3.27. The SMILES string of the molecule is CCNCc1oc(COCc2ccccc2)cc1C. The molecule has 0 radical (unpaired) electrons. The quantitative estimate of drug-likeness (QED) is 0.827. The van der Waals surface area contributed by atoms with Gasteiger partial charge in [-0.2, -0.15) is 0 Å². The molecule has 1 N–H and O–H groups in total.